The molecule has 82 valence electrons. The Morgan fingerprint density at radius 1 is 1.47 bits per heavy atom. The van der Waals surface area contributed by atoms with E-state index in [1.54, 1.807) is 6.07 Å². The van der Waals surface area contributed by atoms with Crippen LogP contribution in [0.4, 0.5) is 0 Å². The van der Waals surface area contributed by atoms with Crippen LogP contribution >= 0.6 is 35.4 Å². The number of rotatable bonds is 4. The number of hydrogen-bond donors (Lipinski definition) is 1. The highest BCUT2D eigenvalue weighted by Crippen LogP contribution is 2.24. The van der Waals surface area contributed by atoms with Crippen LogP contribution in [0.15, 0.2) is 18.2 Å². The third kappa shape index (κ3) is 4.37. The fourth-order valence-corrected chi connectivity index (χ4v) is 2.16. The van der Waals surface area contributed by atoms with E-state index in [2.05, 4.69) is 6.92 Å². The second-order valence-corrected chi connectivity index (χ2v) is 5.08. The van der Waals surface area contributed by atoms with Gasteiger partial charge in [0.15, 0.2) is 0 Å². The zero-order valence-corrected chi connectivity index (χ0v) is 10.8. The summed E-state index contributed by atoms with van der Waals surface area (Å²) in [6.45, 7) is 2.09. The molecule has 0 fully saturated rings. The number of thiocarbonyl (C=S) groups is 1. The Morgan fingerprint density at radius 2 is 2.13 bits per heavy atom. The summed E-state index contributed by atoms with van der Waals surface area (Å²) in [6.07, 6.45) is 1.58. The van der Waals surface area contributed by atoms with Crippen LogP contribution in [0.3, 0.4) is 0 Å². The van der Waals surface area contributed by atoms with Crippen molar-refractivity contribution in [2.45, 2.75) is 19.8 Å². The first-order chi connectivity index (χ1) is 6.99. The minimum Gasteiger partial charge on any atom is -0.393 e. The van der Waals surface area contributed by atoms with Crippen LogP contribution < -0.4 is 5.73 Å². The number of benzene rings is 1. The quantitative estimate of drug-likeness (QED) is 0.834. The molecule has 0 aliphatic carbocycles. The Kier molecular flexibility index (Phi) is 4.84. The lowest BCUT2D eigenvalue weighted by molar-refractivity contribution is 0.607. The summed E-state index contributed by atoms with van der Waals surface area (Å²) in [5.74, 6) is 0.387. The first-order valence-electron chi connectivity index (χ1n) is 4.71. The van der Waals surface area contributed by atoms with Gasteiger partial charge >= 0.3 is 0 Å². The van der Waals surface area contributed by atoms with Gasteiger partial charge in [-0.1, -0.05) is 42.3 Å². The molecule has 1 rings (SSSR count). The highest BCUT2D eigenvalue weighted by molar-refractivity contribution is 7.80. The lowest BCUT2D eigenvalue weighted by atomic mass is 9.98. The van der Waals surface area contributed by atoms with Gasteiger partial charge in [0, 0.05) is 16.5 Å². The Balaban J connectivity index is 2.71. The van der Waals surface area contributed by atoms with Crippen molar-refractivity contribution in [3.05, 3.63) is 33.8 Å². The largest absolute Gasteiger partial charge is 0.393 e. The van der Waals surface area contributed by atoms with Crippen LogP contribution in [0.1, 0.15) is 18.9 Å². The third-order valence-electron chi connectivity index (χ3n) is 2.13. The summed E-state index contributed by atoms with van der Waals surface area (Å²) in [5.41, 5.74) is 6.54. The Morgan fingerprint density at radius 3 is 2.73 bits per heavy atom. The van der Waals surface area contributed by atoms with Crippen molar-refractivity contribution >= 4 is 40.4 Å². The number of nitrogens with two attached hydrogens (primary N) is 1. The van der Waals surface area contributed by atoms with E-state index in [9.17, 15) is 0 Å². The van der Waals surface area contributed by atoms with Crippen LogP contribution in [0.2, 0.25) is 10.0 Å². The van der Waals surface area contributed by atoms with Gasteiger partial charge in [-0.2, -0.15) is 0 Å². The van der Waals surface area contributed by atoms with Crippen LogP contribution in [0.25, 0.3) is 0 Å². The molecule has 0 saturated heterocycles. The van der Waals surface area contributed by atoms with E-state index in [0.717, 1.165) is 23.4 Å². The van der Waals surface area contributed by atoms with Crippen molar-refractivity contribution in [1.29, 1.82) is 0 Å². The molecule has 1 nitrogen and oxygen atoms in total. The molecule has 0 bridgehead atoms. The first-order valence-corrected chi connectivity index (χ1v) is 5.87. The molecule has 0 saturated carbocycles. The zero-order chi connectivity index (χ0) is 11.4. The van der Waals surface area contributed by atoms with Gasteiger partial charge in [0.2, 0.25) is 0 Å². The summed E-state index contributed by atoms with van der Waals surface area (Å²) in [4.78, 5) is 0.542. The molecule has 15 heavy (non-hydrogen) atoms. The highest BCUT2D eigenvalue weighted by atomic mass is 35.5. The smallest absolute Gasteiger partial charge is 0.0730 e. The monoisotopic (exact) mass is 261 g/mol. The third-order valence-corrected chi connectivity index (χ3v) is 2.90. The van der Waals surface area contributed by atoms with E-state index in [-0.39, 0.29) is 0 Å². The SMILES string of the molecule is CC(CC(N)=S)Cc1cc(Cl)ccc1Cl. The molecular formula is C11H13Cl2NS. The van der Waals surface area contributed by atoms with E-state index in [1.165, 1.54) is 0 Å². The van der Waals surface area contributed by atoms with Gasteiger partial charge in [0.1, 0.15) is 0 Å². The molecular weight excluding hydrogens is 249 g/mol. The van der Waals surface area contributed by atoms with Crippen LogP contribution in [-0.2, 0) is 6.42 Å². The van der Waals surface area contributed by atoms with Gasteiger partial charge in [0.25, 0.3) is 0 Å². The molecule has 2 N–H and O–H groups in total. The standard InChI is InChI=1S/C11H13Cl2NS/c1-7(5-11(14)15)4-8-6-9(12)2-3-10(8)13/h2-3,6-7H,4-5H2,1H3,(H2,14,15). The number of hydrogen-bond acceptors (Lipinski definition) is 1. The molecule has 1 unspecified atom stereocenters. The minimum absolute atomic E-state index is 0.387. The molecule has 1 aromatic carbocycles. The molecule has 0 heterocycles. The maximum atomic E-state index is 6.05. The average Bonchev–Trinajstić information content (AvgIpc) is 2.10. The maximum Gasteiger partial charge on any atom is 0.0730 e. The maximum absolute atomic E-state index is 6.05. The summed E-state index contributed by atoms with van der Waals surface area (Å²) in [5, 5.41) is 1.45. The molecule has 1 aromatic rings. The van der Waals surface area contributed by atoms with Gasteiger partial charge in [-0.3, -0.25) is 0 Å². The molecule has 1 atom stereocenters. The molecule has 4 heteroatoms. The molecule has 0 aliphatic rings. The molecule has 0 spiro atoms. The molecule has 0 radical (unpaired) electrons. The Bertz CT molecular complexity index is 366. The lowest BCUT2D eigenvalue weighted by Crippen LogP contribution is -2.14. The van der Waals surface area contributed by atoms with E-state index in [0.29, 0.717) is 15.9 Å². The predicted octanol–water partition coefficient (Wildman–Crippen LogP) is 3.85. The predicted molar refractivity (Wildman–Crippen MR) is 70.7 cm³/mol. The Hall–Kier alpha value is -0.310. The zero-order valence-electron chi connectivity index (χ0n) is 8.47. The average molecular weight is 262 g/mol. The van der Waals surface area contributed by atoms with Crippen LogP contribution in [0.5, 0.6) is 0 Å². The van der Waals surface area contributed by atoms with Gasteiger partial charge < -0.3 is 5.73 Å². The van der Waals surface area contributed by atoms with Crippen LogP contribution in [-0.4, -0.2) is 4.99 Å². The second kappa shape index (κ2) is 5.69. The van der Waals surface area contributed by atoms with Crippen molar-refractivity contribution in [1.82, 2.24) is 0 Å². The van der Waals surface area contributed by atoms with Gasteiger partial charge in [-0.15, -0.1) is 0 Å². The van der Waals surface area contributed by atoms with E-state index in [1.807, 2.05) is 12.1 Å². The lowest BCUT2D eigenvalue weighted by Gasteiger charge is -2.11. The van der Waals surface area contributed by atoms with E-state index < -0.39 is 0 Å². The van der Waals surface area contributed by atoms with Gasteiger partial charge in [0.05, 0.1) is 4.99 Å². The highest BCUT2D eigenvalue weighted by Gasteiger charge is 2.08. The minimum atomic E-state index is 0.387. The summed E-state index contributed by atoms with van der Waals surface area (Å²) in [6, 6.07) is 5.48. The number of halogens is 2. The van der Waals surface area contributed by atoms with Crippen molar-refractivity contribution < 1.29 is 0 Å². The normalized spacial score (nSPS) is 12.5. The summed E-state index contributed by atoms with van der Waals surface area (Å²) in [7, 11) is 0. The van der Waals surface area contributed by atoms with Crippen molar-refractivity contribution in [3.8, 4) is 0 Å². The van der Waals surface area contributed by atoms with Crippen molar-refractivity contribution in [2.75, 3.05) is 0 Å². The molecule has 0 aliphatic heterocycles. The fraction of sp³-hybridized carbons (Fsp3) is 0.364. The topological polar surface area (TPSA) is 26.0 Å². The van der Waals surface area contributed by atoms with Crippen molar-refractivity contribution in [3.63, 3.8) is 0 Å². The summed E-state index contributed by atoms with van der Waals surface area (Å²) >= 11 is 16.8. The fourth-order valence-electron chi connectivity index (χ4n) is 1.49. The first kappa shape index (κ1) is 12.8. The van der Waals surface area contributed by atoms with Gasteiger partial charge in [-0.05, 0) is 36.1 Å². The van der Waals surface area contributed by atoms with Gasteiger partial charge in [-0.25, -0.2) is 0 Å². The van der Waals surface area contributed by atoms with E-state index in [4.69, 9.17) is 41.2 Å². The molecule has 0 aromatic heterocycles. The Labute approximate surface area is 106 Å². The summed E-state index contributed by atoms with van der Waals surface area (Å²) < 4.78 is 0. The van der Waals surface area contributed by atoms with E-state index >= 15 is 0 Å². The van der Waals surface area contributed by atoms with Crippen LogP contribution in [0, 0.1) is 5.92 Å². The second-order valence-electron chi connectivity index (χ2n) is 3.72. The van der Waals surface area contributed by atoms with Crippen molar-refractivity contribution in [2.24, 2.45) is 11.7 Å². The molecule has 0 amide bonds.